The predicted octanol–water partition coefficient (Wildman–Crippen LogP) is 1.94. The second-order valence-corrected chi connectivity index (χ2v) is 2.09. The number of allylic oxidation sites excluding steroid dienone is 1. The SMILES string of the molecule is C#CCCCC(=O)CC=C. The summed E-state index contributed by atoms with van der Waals surface area (Å²) in [5.41, 5.74) is 0. The van der Waals surface area contributed by atoms with E-state index in [4.69, 9.17) is 6.42 Å². The van der Waals surface area contributed by atoms with Crippen molar-refractivity contribution >= 4 is 5.78 Å². The van der Waals surface area contributed by atoms with E-state index >= 15 is 0 Å². The van der Waals surface area contributed by atoms with Crippen molar-refractivity contribution in [2.45, 2.75) is 25.7 Å². The average Bonchev–Trinajstić information content (AvgIpc) is 1.89. The molecule has 0 saturated carbocycles. The van der Waals surface area contributed by atoms with E-state index in [0.717, 1.165) is 6.42 Å². The lowest BCUT2D eigenvalue weighted by molar-refractivity contribution is -0.118. The minimum Gasteiger partial charge on any atom is -0.299 e. The van der Waals surface area contributed by atoms with Crippen molar-refractivity contribution in [1.82, 2.24) is 0 Å². The highest BCUT2D eigenvalue weighted by molar-refractivity contribution is 5.79. The first-order valence-corrected chi connectivity index (χ1v) is 3.37. The summed E-state index contributed by atoms with van der Waals surface area (Å²) < 4.78 is 0. The molecule has 54 valence electrons. The fraction of sp³-hybridized carbons (Fsp3) is 0.444. The molecule has 1 nitrogen and oxygen atoms in total. The van der Waals surface area contributed by atoms with Crippen molar-refractivity contribution in [2.24, 2.45) is 0 Å². The van der Waals surface area contributed by atoms with Crippen LogP contribution in [0, 0.1) is 12.3 Å². The lowest BCUT2D eigenvalue weighted by atomic mass is 10.1. The molecule has 10 heavy (non-hydrogen) atoms. The van der Waals surface area contributed by atoms with Gasteiger partial charge >= 0.3 is 0 Å². The maximum absolute atomic E-state index is 10.8. The molecule has 0 radical (unpaired) electrons. The van der Waals surface area contributed by atoms with Gasteiger partial charge in [0, 0.05) is 19.3 Å². The molecule has 0 aromatic carbocycles. The molecule has 0 bridgehead atoms. The number of carbonyl (C=O) groups is 1. The van der Waals surface area contributed by atoms with E-state index in [-0.39, 0.29) is 5.78 Å². The highest BCUT2D eigenvalue weighted by Gasteiger charge is 1.95. The predicted molar refractivity (Wildman–Crippen MR) is 42.5 cm³/mol. The van der Waals surface area contributed by atoms with Gasteiger partial charge in [-0.15, -0.1) is 18.9 Å². The van der Waals surface area contributed by atoms with Gasteiger partial charge in [-0.25, -0.2) is 0 Å². The minimum absolute atomic E-state index is 0.227. The number of hydrogen-bond acceptors (Lipinski definition) is 1. The molecule has 0 saturated heterocycles. The summed E-state index contributed by atoms with van der Waals surface area (Å²) in [6.07, 6.45) is 9.21. The fourth-order valence-corrected chi connectivity index (χ4v) is 0.651. The molecule has 0 aromatic heterocycles. The number of Topliss-reactive ketones (excluding diaryl/α,β-unsaturated/α-hetero) is 1. The van der Waals surface area contributed by atoms with Crippen molar-refractivity contribution in [3.05, 3.63) is 12.7 Å². The van der Waals surface area contributed by atoms with Crippen LogP contribution in [0.4, 0.5) is 0 Å². The third-order valence-corrected chi connectivity index (χ3v) is 1.15. The van der Waals surface area contributed by atoms with Crippen LogP contribution in [0.5, 0.6) is 0 Å². The van der Waals surface area contributed by atoms with Crippen molar-refractivity contribution in [3.63, 3.8) is 0 Å². The maximum Gasteiger partial charge on any atom is 0.136 e. The fourth-order valence-electron chi connectivity index (χ4n) is 0.651. The van der Waals surface area contributed by atoms with Crippen molar-refractivity contribution < 1.29 is 4.79 Å². The molecule has 0 aromatic rings. The Labute approximate surface area is 62.1 Å². The molecule has 0 amide bonds. The Morgan fingerprint density at radius 1 is 1.70 bits per heavy atom. The summed E-state index contributed by atoms with van der Waals surface area (Å²) in [6.45, 7) is 3.47. The van der Waals surface area contributed by atoms with Gasteiger partial charge in [0.25, 0.3) is 0 Å². The normalized spacial score (nSPS) is 8.30. The second-order valence-electron chi connectivity index (χ2n) is 2.09. The first-order chi connectivity index (χ1) is 4.81. The number of unbranched alkanes of at least 4 members (excludes halogenated alkanes) is 1. The lowest BCUT2D eigenvalue weighted by Crippen LogP contribution is -1.93. The zero-order valence-electron chi connectivity index (χ0n) is 6.10. The van der Waals surface area contributed by atoms with Crippen LogP contribution in [0.15, 0.2) is 12.7 Å². The van der Waals surface area contributed by atoms with Crippen LogP contribution in [0.25, 0.3) is 0 Å². The zero-order chi connectivity index (χ0) is 7.82. The Morgan fingerprint density at radius 3 is 2.90 bits per heavy atom. The summed E-state index contributed by atoms with van der Waals surface area (Å²) in [7, 11) is 0. The molecule has 0 spiro atoms. The Balaban J connectivity index is 3.23. The number of rotatable bonds is 5. The van der Waals surface area contributed by atoms with E-state index in [1.807, 2.05) is 0 Å². The molecule has 0 heterocycles. The molecule has 0 N–H and O–H groups in total. The molecule has 0 atom stereocenters. The van der Waals surface area contributed by atoms with E-state index in [9.17, 15) is 4.79 Å². The van der Waals surface area contributed by atoms with Crippen LogP contribution in [0.1, 0.15) is 25.7 Å². The van der Waals surface area contributed by atoms with Crippen LogP contribution in [0.3, 0.4) is 0 Å². The van der Waals surface area contributed by atoms with Gasteiger partial charge in [-0.3, -0.25) is 4.79 Å². The Hall–Kier alpha value is -1.03. The molecule has 0 fully saturated rings. The number of carbonyl (C=O) groups excluding carboxylic acids is 1. The van der Waals surface area contributed by atoms with E-state index in [2.05, 4.69) is 12.5 Å². The van der Waals surface area contributed by atoms with Gasteiger partial charge in [-0.2, -0.15) is 0 Å². The van der Waals surface area contributed by atoms with Crippen molar-refractivity contribution in [3.8, 4) is 12.3 Å². The molecular weight excluding hydrogens is 124 g/mol. The summed E-state index contributed by atoms with van der Waals surface area (Å²) >= 11 is 0. The second kappa shape index (κ2) is 6.10. The smallest absolute Gasteiger partial charge is 0.136 e. The zero-order valence-corrected chi connectivity index (χ0v) is 6.10. The van der Waals surface area contributed by atoms with E-state index in [1.165, 1.54) is 0 Å². The van der Waals surface area contributed by atoms with Crippen LogP contribution < -0.4 is 0 Å². The minimum atomic E-state index is 0.227. The van der Waals surface area contributed by atoms with Crippen LogP contribution in [0.2, 0.25) is 0 Å². The van der Waals surface area contributed by atoms with Crippen LogP contribution in [-0.2, 0) is 4.79 Å². The Kier molecular flexibility index (Phi) is 5.47. The summed E-state index contributed by atoms with van der Waals surface area (Å²) in [6, 6.07) is 0. The maximum atomic E-state index is 10.8. The number of hydrogen-bond donors (Lipinski definition) is 0. The van der Waals surface area contributed by atoms with Gasteiger partial charge in [-0.05, 0) is 6.42 Å². The van der Waals surface area contributed by atoms with Crippen molar-refractivity contribution in [1.29, 1.82) is 0 Å². The van der Waals surface area contributed by atoms with E-state index in [1.54, 1.807) is 6.08 Å². The molecular formula is C9H12O. The Morgan fingerprint density at radius 2 is 2.40 bits per heavy atom. The number of terminal acetylenes is 1. The highest BCUT2D eigenvalue weighted by Crippen LogP contribution is 1.97. The molecule has 0 aliphatic carbocycles. The molecule has 1 heteroatoms. The van der Waals surface area contributed by atoms with Crippen LogP contribution >= 0.6 is 0 Å². The van der Waals surface area contributed by atoms with Gasteiger partial charge in [0.15, 0.2) is 0 Å². The first kappa shape index (κ1) is 8.97. The molecule has 0 rings (SSSR count). The van der Waals surface area contributed by atoms with Crippen LogP contribution in [-0.4, -0.2) is 5.78 Å². The summed E-state index contributed by atoms with van der Waals surface area (Å²) in [5.74, 6) is 2.71. The highest BCUT2D eigenvalue weighted by atomic mass is 16.1. The monoisotopic (exact) mass is 136 g/mol. The topological polar surface area (TPSA) is 17.1 Å². The molecule has 0 aliphatic heterocycles. The summed E-state index contributed by atoms with van der Waals surface area (Å²) in [4.78, 5) is 10.8. The van der Waals surface area contributed by atoms with Gasteiger partial charge < -0.3 is 0 Å². The van der Waals surface area contributed by atoms with Gasteiger partial charge in [0.2, 0.25) is 0 Å². The third-order valence-electron chi connectivity index (χ3n) is 1.15. The average molecular weight is 136 g/mol. The van der Waals surface area contributed by atoms with E-state index < -0.39 is 0 Å². The summed E-state index contributed by atoms with van der Waals surface area (Å²) in [5, 5.41) is 0. The largest absolute Gasteiger partial charge is 0.299 e. The molecule has 0 unspecified atom stereocenters. The quantitative estimate of drug-likeness (QED) is 0.320. The Bertz CT molecular complexity index is 151. The van der Waals surface area contributed by atoms with Gasteiger partial charge in [-0.1, -0.05) is 6.08 Å². The standard InChI is InChI=1S/C9H12O/c1-3-5-6-8-9(10)7-4-2/h1,4H,2,5-8H2. The first-order valence-electron chi connectivity index (χ1n) is 3.37. The van der Waals surface area contributed by atoms with E-state index in [0.29, 0.717) is 19.3 Å². The van der Waals surface area contributed by atoms with Gasteiger partial charge in [0.05, 0.1) is 0 Å². The van der Waals surface area contributed by atoms with Gasteiger partial charge in [0.1, 0.15) is 5.78 Å². The van der Waals surface area contributed by atoms with Crippen molar-refractivity contribution in [2.75, 3.05) is 0 Å². The third kappa shape index (κ3) is 5.11. The lowest BCUT2D eigenvalue weighted by Gasteiger charge is -1.92. The number of ketones is 1. The molecule has 0 aliphatic rings.